The van der Waals surface area contributed by atoms with Crippen LogP contribution in [-0.4, -0.2) is 17.9 Å². The predicted molar refractivity (Wildman–Crippen MR) is 101 cm³/mol. The van der Waals surface area contributed by atoms with Gasteiger partial charge in [-0.25, -0.2) is 0 Å². The quantitative estimate of drug-likeness (QED) is 0.557. The molecule has 1 atom stereocenters. The molecule has 0 aliphatic carbocycles. The molecule has 0 aliphatic rings. The third-order valence-electron chi connectivity index (χ3n) is 3.94. The molecule has 0 heterocycles. The summed E-state index contributed by atoms with van der Waals surface area (Å²) in [6.45, 7) is 4.13. The van der Waals surface area contributed by atoms with Gasteiger partial charge in [0, 0.05) is 11.6 Å². The molecular weight excluding hydrogens is 356 g/mol. The lowest BCUT2D eigenvalue weighted by atomic mass is 9.96. The van der Waals surface area contributed by atoms with Gasteiger partial charge in [-0.05, 0) is 42.2 Å². The van der Waals surface area contributed by atoms with Crippen molar-refractivity contribution in [3.05, 3.63) is 68.7 Å². The number of nitrogens with one attached hydrogen (secondary N) is 1. The number of amides is 1. The zero-order valence-electron chi connectivity index (χ0n) is 14.9. The topological polar surface area (TPSA) is 81.5 Å². The Bertz CT molecular complexity index is 791. The van der Waals surface area contributed by atoms with E-state index in [2.05, 4.69) is 19.2 Å². The van der Waals surface area contributed by atoms with E-state index in [1.54, 1.807) is 7.11 Å². The molecule has 138 valence electrons. The lowest BCUT2D eigenvalue weighted by Gasteiger charge is -2.21. The molecule has 26 heavy (non-hydrogen) atoms. The largest absolute Gasteiger partial charge is 0.497 e. The second-order valence-corrected chi connectivity index (χ2v) is 6.76. The number of nitro groups is 1. The Balaban J connectivity index is 2.25. The summed E-state index contributed by atoms with van der Waals surface area (Å²) < 4.78 is 5.16. The number of nitrogens with zero attached hydrogens (tertiary/aromatic N) is 1. The van der Waals surface area contributed by atoms with Crippen LogP contribution < -0.4 is 10.1 Å². The van der Waals surface area contributed by atoms with Crippen molar-refractivity contribution in [2.24, 2.45) is 5.92 Å². The predicted octanol–water partition coefficient (Wildman–Crippen LogP) is 4.77. The summed E-state index contributed by atoms with van der Waals surface area (Å²) in [7, 11) is 1.59. The fraction of sp³-hybridized carbons (Fsp3) is 0.316. The first-order chi connectivity index (χ1) is 12.3. The summed E-state index contributed by atoms with van der Waals surface area (Å²) in [5.41, 5.74) is 0.851. The lowest BCUT2D eigenvalue weighted by Crippen LogP contribution is -2.29. The third kappa shape index (κ3) is 4.95. The van der Waals surface area contributed by atoms with Crippen molar-refractivity contribution in [3.63, 3.8) is 0 Å². The van der Waals surface area contributed by atoms with E-state index in [0.29, 0.717) is 5.92 Å². The fourth-order valence-electron chi connectivity index (χ4n) is 2.62. The van der Waals surface area contributed by atoms with Gasteiger partial charge in [-0.2, -0.15) is 0 Å². The molecule has 0 radical (unpaired) electrons. The van der Waals surface area contributed by atoms with E-state index >= 15 is 0 Å². The summed E-state index contributed by atoms with van der Waals surface area (Å²) >= 11 is 5.81. The maximum atomic E-state index is 12.6. The minimum atomic E-state index is -0.603. The Labute approximate surface area is 157 Å². The van der Waals surface area contributed by atoms with Gasteiger partial charge in [0.15, 0.2) is 0 Å². The van der Waals surface area contributed by atoms with Gasteiger partial charge in [-0.15, -0.1) is 0 Å². The SMILES string of the molecule is COc1ccc(C(CC(C)C)NC(=O)c2ccc(Cl)c([N+](=O)[O-])c2)cc1. The highest BCUT2D eigenvalue weighted by Gasteiger charge is 2.20. The smallest absolute Gasteiger partial charge is 0.288 e. The van der Waals surface area contributed by atoms with Crippen LogP contribution in [0.15, 0.2) is 42.5 Å². The Hall–Kier alpha value is -2.60. The second-order valence-electron chi connectivity index (χ2n) is 6.35. The van der Waals surface area contributed by atoms with Gasteiger partial charge in [-0.1, -0.05) is 37.6 Å². The molecule has 1 N–H and O–H groups in total. The highest BCUT2D eigenvalue weighted by atomic mass is 35.5. The van der Waals surface area contributed by atoms with Crippen molar-refractivity contribution in [1.82, 2.24) is 5.32 Å². The molecule has 1 amide bonds. The number of carbonyl (C=O) groups excluding carboxylic acids is 1. The van der Waals surface area contributed by atoms with Crippen molar-refractivity contribution in [1.29, 1.82) is 0 Å². The monoisotopic (exact) mass is 376 g/mol. The van der Waals surface area contributed by atoms with Crippen LogP contribution in [0.1, 0.15) is 42.2 Å². The molecule has 0 saturated carbocycles. The van der Waals surface area contributed by atoms with Crippen molar-refractivity contribution < 1.29 is 14.5 Å². The molecule has 2 aromatic carbocycles. The van der Waals surface area contributed by atoms with Crippen molar-refractivity contribution in [2.75, 3.05) is 7.11 Å². The Morgan fingerprint density at radius 2 is 1.88 bits per heavy atom. The molecule has 0 spiro atoms. The lowest BCUT2D eigenvalue weighted by molar-refractivity contribution is -0.384. The number of carbonyl (C=O) groups is 1. The maximum absolute atomic E-state index is 12.6. The summed E-state index contributed by atoms with van der Waals surface area (Å²) in [5, 5.41) is 14.0. The summed E-state index contributed by atoms with van der Waals surface area (Å²) in [6.07, 6.45) is 0.730. The Morgan fingerprint density at radius 1 is 1.23 bits per heavy atom. The van der Waals surface area contributed by atoms with Crippen molar-refractivity contribution in [2.45, 2.75) is 26.3 Å². The number of methoxy groups -OCH3 is 1. The number of rotatable bonds is 7. The molecular formula is C19H21ClN2O4. The number of ether oxygens (including phenoxy) is 1. The molecule has 0 bridgehead atoms. The zero-order valence-corrected chi connectivity index (χ0v) is 15.6. The van der Waals surface area contributed by atoms with Gasteiger partial charge in [0.1, 0.15) is 10.8 Å². The maximum Gasteiger partial charge on any atom is 0.288 e. The van der Waals surface area contributed by atoms with Gasteiger partial charge in [0.2, 0.25) is 0 Å². The van der Waals surface area contributed by atoms with E-state index in [0.717, 1.165) is 17.7 Å². The van der Waals surface area contributed by atoms with Gasteiger partial charge in [-0.3, -0.25) is 14.9 Å². The van der Waals surface area contributed by atoms with Crippen LogP contribution in [0.25, 0.3) is 0 Å². The molecule has 0 aromatic heterocycles. The molecule has 0 fully saturated rings. The fourth-order valence-corrected chi connectivity index (χ4v) is 2.81. The van der Waals surface area contributed by atoms with E-state index in [4.69, 9.17) is 16.3 Å². The number of hydrogen-bond acceptors (Lipinski definition) is 4. The standard InChI is InChI=1S/C19H21ClN2O4/c1-12(2)10-17(13-4-7-15(26-3)8-5-13)21-19(23)14-6-9-16(20)18(11-14)22(24)25/h4-9,11-12,17H,10H2,1-3H3,(H,21,23). The van der Waals surface area contributed by atoms with Gasteiger partial charge in [0.05, 0.1) is 18.1 Å². The van der Waals surface area contributed by atoms with E-state index in [-0.39, 0.29) is 28.2 Å². The van der Waals surface area contributed by atoms with Crippen LogP contribution in [0.3, 0.4) is 0 Å². The summed E-state index contributed by atoms with van der Waals surface area (Å²) in [6, 6.07) is 11.3. The number of benzene rings is 2. The van der Waals surface area contributed by atoms with Gasteiger partial charge < -0.3 is 10.1 Å². The normalized spacial score (nSPS) is 11.9. The van der Waals surface area contributed by atoms with Crippen LogP contribution >= 0.6 is 11.6 Å². The van der Waals surface area contributed by atoms with E-state index < -0.39 is 4.92 Å². The molecule has 1 unspecified atom stereocenters. The minimum Gasteiger partial charge on any atom is -0.497 e. The second kappa shape index (κ2) is 8.67. The highest BCUT2D eigenvalue weighted by molar-refractivity contribution is 6.32. The molecule has 6 nitrogen and oxygen atoms in total. The molecule has 0 saturated heterocycles. The minimum absolute atomic E-state index is 0.000403. The van der Waals surface area contributed by atoms with Gasteiger partial charge >= 0.3 is 0 Å². The van der Waals surface area contributed by atoms with Crippen LogP contribution in [-0.2, 0) is 0 Å². The number of hydrogen-bond donors (Lipinski definition) is 1. The molecule has 2 aromatic rings. The number of nitro benzene ring substituents is 1. The highest BCUT2D eigenvalue weighted by Crippen LogP contribution is 2.27. The first-order valence-corrected chi connectivity index (χ1v) is 8.58. The molecule has 0 aliphatic heterocycles. The first-order valence-electron chi connectivity index (χ1n) is 8.20. The summed E-state index contributed by atoms with van der Waals surface area (Å²) in [4.78, 5) is 23.0. The molecule has 7 heteroatoms. The van der Waals surface area contributed by atoms with E-state index in [1.165, 1.54) is 18.2 Å². The average Bonchev–Trinajstić information content (AvgIpc) is 2.61. The van der Waals surface area contributed by atoms with Crippen molar-refractivity contribution in [3.8, 4) is 5.75 Å². The Morgan fingerprint density at radius 3 is 2.42 bits per heavy atom. The third-order valence-corrected chi connectivity index (χ3v) is 4.26. The van der Waals surface area contributed by atoms with E-state index in [9.17, 15) is 14.9 Å². The van der Waals surface area contributed by atoms with Crippen LogP contribution in [0, 0.1) is 16.0 Å². The molecule has 2 rings (SSSR count). The van der Waals surface area contributed by atoms with Crippen LogP contribution in [0.4, 0.5) is 5.69 Å². The van der Waals surface area contributed by atoms with Crippen LogP contribution in [0.5, 0.6) is 5.75 Å². The van der Waals surface area contributed by atoms with Crippen molar-refractivity contribution >= 4 is 23.2 Å². The average molecular weight is 377 g/mol. The Kier molecular flexibility index (Phi) is 6.58. The van der Waals surface area contributed by atoms with Gasteiger partial charge in [0.25, 0.3) is 11.6 Å². The summed E-state index contributed by atoms with van der Waals surface area (Å²) in [5.74, 6) is 0.699. The first kappa shape index (κ1) is 19.7. The number of halogens is 1. The van der Waals surface area contributed by atoms with E-state index in [1.807, 2.05) is 24.3 Å². The zero-order chi connectivity index (χ0) is 19.3. The van der Waals surface area contributed by atoms with Crippen LogP contribution in [0.2, 0.25) is 5.02 Å².